The van der Waals surface area contributed by atoms with Crippen LogP contribution >= 0.6 is 11.8 Å². The first kappa shape index (κ1) is 23.9. The molecular formula is C23H31FN4O4S. The molecule has 1 aliphatic carbocycles. The number of hydrogen-bond donors (Lipinski definition) is 1. The fourth-order valence-corrected chi connectivity index (χ4v) is 5.97. The molecule has 33 heavy (non-hydrogen) atoms. The number of fused-ring (bicyclic) bond motifs is 1. The molecule has 8 nitrogen and oxygen atoms in total. The fourth-order valence-electron chi connectivity index (χ4n) is 4.89. The molecule has 180 valence electrons. The van der Waals surface area contributed by atoms with Crippen LogP contribution in [0, 0.1) is 5.82 Å². The van der Waals surface area contributed by atoms with E-state index < -0.39 is 11.4 Å². The van der Waals surface area contributed by atoms with E-state index in [4.69, 9.17) is 4.74 Å². The molecule has 1 saturated heterocycles. The van der Waals surface area contributed by atoms with Gasteiger partial charge in [0.1, 0.15) is 11.5 Å². The number of nitrogens with one attached hydrogen (secondary N) is 1. The number of amides is 1. The Morgan fingerprint density at radius 2 is 1.85 bits per heavy atom. The van der Waals surface area contributed by atoms with Crippen molar-refractivity contribution in [2.75, 3.05) is 24.7 Å². The van der Waals surface area contributed by atoms with Crippen LogP contribution in [0.2, 0.25) is 0 Å². The zero-order valence-electron chi connectivity index (χ0n) is 18.9. The molecule has 0 unspecified atom stereocenters. The monoisotopic (exact) mass is 478 g/mol. The highest BCUT2D eigenvalue weighted by Gasteiger charge is 2.29. The molecule has 1 amide bonds. The number of nitrogens with zero attached hydrogens (tertiary/aromatic N) is 3. The second kappa shape index (κ2) is 10.8. The maximum atomic E-state index is 14.0. The highest BCUT2D eigenvalue weighted by molar-refractivity contribution is 7.99. The third-order valence-electron chi connectivity index (χ3n) is 6.58. The van der Waals surface area contributed by atoms with Gasteiger partial charge in [-0.2, -0.15) is 11.8 Å². The molecule has 2 aromatic heterocycles. The van der Waals surface area contributed by atoms with Crippen LogP contribution in [-0.4, -0.2) is 50.8 Å². The predicted molar refractivity (Wildman–Crippen MR) is 126 cm³/mol. The van der Waals surface area contributed by atoms with Crippen molar-refractivity contribution in [3.63, 3.8) is 0 Å². The average molecular weight is 479 g/mol. The Hall–Kier alpha value is -2.20. The molecule has 2 fully saturated rings. The third kappa shape index (κ3) is 5.32. The summed E-state index contributed by atoms with van der Waals surface area (Å²) in [7, 11) is 0. The standard InChI is InChI=1S/C23H31FN4O4S/c1-2-32-10-7-20(29)26-16-3-5-17(6-4-16)28-22(30)19-13-15(24)14-25-21(19)27(23(28)31)18-8-11-33-12-9-18/h13-14,16-18H,2-12H2,1H3,(H,26,29). The minimum atomic E-state index is -0.589. The van der Waals surface area contributed by atoms with Crippen LogP contribution in [0.25, 0.3) is 11.0 Å². The van der Waals surface area contributed by atoms with Gasteiger partial charge >= 0.3 is 5.69 Å². The second-order valence-corrected chi connectivity index (χ2v) is 9.94. The first-order valence-corrected chi connectivity index (χ1v) is 12.9. The number of carbonyl (C=O) groups is 1. The van der Waals surface area contributed by atoms with Crippen LogP contribution in [0.15, 0.2) is 21.9 Å². The summed E-state index contributed by atoms with van der Waals surface area (Å²) in [4.78, 5) is 43.1. The number of carbonyl (C=O) groups excluding carboxylic acids is 1. The Labute approximate surface area is 195 Å². The van der Waals surface area contributed by atoms with Crippen molar-refractivity contribution >= 4 is 28.7 Å². The number of rotatable bonds is 7. The first-order chi connectivity index (χ1) is 16.0. The Kier molecular flexibility index (Phi) is 7.85. The molecule has 1 saturated carbocycles. The summed E-state index contributed by atoms with van der Waals surface area (Å²) in [5, 5.41) is 3.18. The van der Waals surface area contributed by atoms with E-state index in [0.717, 1.165) is 30.5 Å². The maximum absolute atomic E-state index is 14.0. The zero-order valence-corrected chi connectivity index (χ0v) is 19.7. The van der Waals surface area contributed by atoms with Gasteiger partial charge in [-0.05, 0) is 63.0 Å². The SMILES string of the molecule is CCOCCC(=O)NC1CCC(n2c(=O)c3cc(F)cnc3n(C3CCSCC3)c2=O)CC1. The molecule has 2 aromatic rings. The Bertz CT molecular complexity index is 1100. The molecule has 1 N–H and O–H groups in total. The van der Waals surface area contributed by atoms with Crippen LogP contribution in [0.4, 0.5) is 4.39 Å². The minimum Gasteiger partial charge on any atom is -0.381 e. The van der Waals surface area contributed by atoms with E-state index in [0.29, 0.717) is 45.3 Å². The molecule has 0 atom stereocenters. The predicted octanol–water partition coefficient (Wildman–Crippen LogP) is 2.79. The fraction of sp³-hybridized carbons (Fsp3) is 0.652. The molecule has 0 bridgehead atoms. The molecule has 3 heterocycles. The normalized spacial score (nSPS) is 21.9. The number of halogens is 1. The largest absolute Gasteiger partial charge is 0.381 e. The second-order valence-electron chi connectivity index (χ2n) is 8.72. The lowest BCUT2D eigenvalue weighted by molar-refractivity contribution is -0.123. The summed E-state index contributed by atoms with van der Waals surface area (Å²) in [5.74, 6) is 1.24. The lowest BCUT2D eigenvalue weighted by Crippen LogP contribution is -2.46. The van der Waals surface area contributed by atoms with Crippen molar-refractivity contribution in [3.05, 3.63) is 38.9 Å². The van der Waals surface area contributed by atoms with Gasteiger partial charge in [-0.25, -0.2) is 14.2 Å². The smallest absolute Gasteiger partial charge is 0.333 e. The maximum Gasteiger partial charge on any atom is 0.333 e. The summed E-state index contributed by atoms with van der Waals surface area (Å²) in [5.41, 5.74) is -0.560. The van der Waals surface area contributed by atoms with Gasteiger partial charge in [0.25, 0.3) is 5.56 Å². The summed E-state index contributed by atoms with van der Waals surface area (Å²) in [6.07, 6.45) is 5.57. The molecule has 0 radical (unpaired) electrons. The van der Waals surface area contributed by atoms with Gasteiger partial charge in [0.15, 0.2) is 0 Å². The third-order valence-corrected chi connectivity index (χ3v) is 7.63. The Morgan fingerprint density at radius 3 is 2.55 bits per heavy atom. The van der Waals surface area contributed by atoms with E-state index in [-0.39, 0.29) is 40.8 Å². The summed E-state index contributed by atoms with van der Waals surface area (Å²) < 4.78 is 22.2. The molecule has 0 aromatic carbocycles. The number of hydrogen-bond acceptors (Lipinski definition) is 6. The van der Waals surface area contributed by atoms with Gasteiger partial charge in [0.05, 0.1) is 18.2 Å². The highest BCUT2D eigenvalue weighted by atomic mass is 32.2. The van der Waals surface area contributed by atoms with Gasteiger partial charge in [-0.1, -0.05) is 0 Å². The van der Waals surface area contributed by atoms with Crippen molar-refractivity contribution in [1.29, 1.82) is 0 Å². The highest BCUT2D eigenvalue weighted by Crippen LogP contribution is 2.30. The van der Waals surface area contributed by atoms with E-state index in [2.05, 4.69) is 10.3 Å². The lowest BCUT2D eigenvalue weighted by atomic mass is 9.90. The van der Waals surface area contributed by atoms with Crippen LogP contribution in [0.5, 0.6) is 0 Å². The number of thioether (sulfide) groups is 1. The van der Waals surface area contributed by atoms with Crippen molar-refractivity contribution in [1.82, 2.24) is 19.4 Å². The van der Waals surface area contributed by atoms with E-state index in [1.54, 1.807) is 4.57 Å². The van der Waals surface area contributed by atoms with Crippen LogP contribution in [0.3, 0.4) is 0 Å². The number of aromatic nitrogens is 3. The van der Waals surface area contributed by atoms with E-state index >= 15 is 0 Å². The van der Waals surface area contributed by atoms with Crippen molar-refractivity contribution in [2.45, 2.75) is 70.0 Å². The average Bonchev–Trinajstić information content (AvgIpc) is 2.81. The Balaban J connectivity index is 1.59. The quantitative estimate of drug-likeness (QED) is 0.615. The van der Waals surface area contributed by atoms with Crippen molar-refractivity contribution in [3.8, 4) is 0 Å². The van der Waals surface area contributed by atoms with Gasteiger partial charge in [0.2, 0.25) is 5.91 Å². The number of ether oxygens (including phenoxy) is 1. The van der Waals surface area contributed by atoms with E-state index in [1.807, 2.05) is 18.7 Å². The summed E-state index contributed by atoms with van der Waals surface area (Å²) >= 11 is 1.85. The molecule has 4 rings (SSSR count). The van der Waals surface area contributed by atoms with E-state index in [9.17, 15) is 18.8 Å². The Morgan fingerprint density at radius 1 is 1.15 bits per heavy atom. The van der Waals surface area contributed by atoms with Crippen molar-refractivity contribution < 1.29 is 13.9 Å². The van der Waals surface area contributed by atoms with Crippen molar-refractivity contribution in [2.24, 2.45) is 0 Å². The molecular weight excluding hydrogens is 447 g/mol. The van der Waals surface area contributed by atoms with Crippen LogP contribution < -0.4 is 16.6 Å². The van der Waals surface area contributed by atoms with Gasteiger partial charge in [-0.15, -0.1) is 0 Å². The van der Waals surface area contributed by atoms with E-state index in [1.165, 1.54) is 10.6 Å². The topological polar surface area (TPSA) is 95.2 Å². The zero-order chi connectivity index (χ0) is 23.4. The van der Waals surface area contributed by atoms with Gasteiger partial charge in [0, 0.05) is 31.2 Å². The first-order valence-electron chi connectivity index (χ1n) is 11.8. The molecule has 0 spiro atoms. The molecule has 10 heteroatoms. The van der Waals surface area contributed by atoms with Crippen LogP contribution in [0.1, 0.15) is 64.0 Å². The van der Waals surface area contributed by atoms with Gasteiger partial charge < -0.3 is 10.1 Å². The number of pyridine rings is 1. The molecule has 2 aliphatic rings. The van der Waals surface area contributed by atoms with Gasteiger partial charge in [-0.3, -0.25) is 18.7 Å². The summed E-state index contributed by atoms with van der Waals surface area (Å²) in [6.45, 7) is 2.86. The molecule has 1 aliphatic heterocycles. The van der Waals surface area contributed by atoms with Crippen LogP contribution in [-0.2, 0) is 9.53 Å². The minimum absolute atomic E-state index is 0.0169. The summed E-state index contributed by atoms with van der Waals surface area (Å²) in [6, 6.07) is 0.882. The lowest BCUT2D eigenvalue weighted by Gasteiger charge is -2.31.